The molecule has 23 heavy (non-hydrogen) atoms. The molecule has 4 atom stereocenters. The van der Waals surface area contributed by atoms with Crippen molar-refractivity contribution < 1.29 is 20.1 Å². The Bertz CT molecular complexity index is 798. The molecule has 2 aromatic rings. The lowest BCUT2D eigenvalue weighted by molar-refractivity contribution is -0.0524. The second-order valence-corrected chi connectivity index (χ2v) is 5.88. The van der Waals surface area contributed by atoms with Gasteiger partial charge in [-0.1, -0.05) is 11.8 Å². The molecule has 0 amide bonds. The SMILES string of the molecule is CSc1nc(N)c2ccc(=O)n(C3OC(CO)C(O)C3O)c2n1. The lowest BCUT2D eigenvalue weighted by atomic mass is 10.1. The van der Waals surface area contributed by atoms with Crippen molar-refractivity contribution in [3.05, 3.63) is 22.5 Å². The summed E-state index contributed by atoms with van der Waals surface area (Å²) < 4.78 is 6.55. The zero-order valence-electron chi connectivity index (χ0n) is 12.2. The van der Waals surface area contributed by atoms with E-state index >= 15 is 0 Å². The number of fused-ring (bicyclic) bond motifs is 1. The molecule has 4 unspecified atom stereocenters. The summed E-state index contributed by atoms with van der Waals surface area (Å²) in [5, 5.41) is 30.1. The maximum Gasteiger partial charge on any atom is 0.254 e. The number of aliphatic hydroxyl groups is 3. The van der Waals surface area contributed by atoms with Crippen molar-refractivity contribution in [2.24, 2.45) is 0 Å². The minimum atomic E-state index is -1.38. The molecule has 124 valence electrons. The van der Waals surface area contributed by atoms with Gasteiger partial charge in [-0.25, -0.2) is 9.97 Å². The summed E-state index contributed by atoms with van der Waals surface area (Å²) in [5.74, 6) is 0.194. The summed E-state index contributed by atoms with van der Waals surface area (Å²) in [7, 11) is 0. The van der Waals surface area contributed by atoms with E-state index in [0.29, 0.717) is 10.5 Å². The van der Waals surface area contributed by atoms with Gasteiger partial charge in [-0.05, 0) is 12.3 Å². The Morgan fingerprint density at radius 2 is 2.09 bits per heavy atom. The molecule has 1 fully saturated rings. The Kier molecular flexibility index (Phi) is 4.25. The number of rotatable bonds is 3. The van der Waals surface area contributed by atoms with E-state index in [9.17, 15) is 20.1 Å². The largest absolute Gasteiger partial charge is 0.394 e. The van der Waals surface area contributed by atoms with Crippen LogP contribution >= 0.6 is 11.8 Å². The molecule has 3 rings (SSSR count). The van der Waals surface area contributed by atoms with Crippen molar-refractivity contribution >= 4 is 28.6 Å². The van der Waals surface area contributed by atoms with Crippen LogP contribution in [0.1, 0.15) is 6.23 Å². The van der Waals surface area contributed by atoms with Gasteiger partial charge in [-0.2, -0.15) is 0 Å². The van der Waals surface area contributed by atoms with E-state index < -0.39 is 36.7 Å². The van der Waals surface area contributed by atoms with Crippen LogP contribution in [0.4, 0.5) is 5.82 Å². The quantitative estimate of drug-likeness (QED) is 0.396. The lowest BCUT2D eigenvalue weighted by Gasteiger charge is -2.19. The average Bonchev–Trinajstić information content (AvgIpc) is 2.82. The van der Waals surface area contributed by atoms with Gasteiger partial charge < -0.3 is 25.8 Å². The number of nitrogens with two attached hydrogens (primary N) is 1. The molecule has 1 saturated heterocycles. The van der Waals surface area contributed by atoms with Crippen LogP contribution in [-0.4, -0.2) is 61.0 Å². The second-order valence-electron chi connectivity index (χ2n) is 5.10. The highest BCUT2D eigenvalue weighted by molar-refractivity contribution is 7.98. The van der Waals surface area contributed by atoms with Crippen molar-refractivity contribution in [3.8, 4) is 0 Å². The minimum Gasteiger partial charge on any atom is -0.394 e. The highest BCUT2D eigenvalue weighted by Gasteiger charge is 2.44. The lowest BCUT2D eigenvalue weighted by Crippen LogP contribution is -2.35. The Hall–Kier alpha value is -1.72. The number of hydrogen-bond acceptors (Lipinski definition) is 9. The molecule has 0 aromatic carbocycles. The van der Waals surface area contributed by atoms with E-state index in [4.69, 9.17) is 10.5 Å². The number of nitrogens with zero attached hydrogens (tertiary/aromatic N) is 3. The fraction of sp³-hybridized carbons (Fsp3) is 0.462. The van der Waals surface area contributed by atoms with Crippen molar-refractivity contribution in [1.82, 2.24) is 14.5 Å². The monoisotopic (exact) mass is 340 g/mol. The molecule has 0 radical (unpaired) electrons. The molecule has 2 aromatic heterocycles. The first-order valence-electron chi connectivity index (χ1n) is 6.83. The zero-order chi connectivity index (χ0) is 16.7. The van der Waals surface area contributed by atoms with Gasteiger partial charge in [0.2, 0.25) is 0 Å². The van der Waals surface area contributed by atoms with Crippen molar-refractivity contribution in [2.45, 2.75) is 29.7 Å². The summed E-state index contributed by atoms with van der Waals surface area (Å²) >= 11 is 1.25. The summed E-state index contributed by atoms with van der Waals surface area (Å²) in [5.41, 5.74) is 5.62. The predicted molar refractivity (Wildman–Crippen MR) is 83.0 cm³/mol. The van der Waals surface area contributed by atoms with Gasteiger partial charge in [-0.3, -0.25) is 9.36 Å². The number of ether oxygens (including phenoxy) is 1. The fourth-order valence-corrected chi connectivity index (χ4v) is 2.93. The van der Waals surface area contributed by atoms with Crippen molar-refractivity contribution in [3.63, 3.8) is 0 Å². The van der Waals surface area contributed by atoms with Crippen LogP contribution in [0.5, 0.6) is 0 Å². The standard InChI is InChI=1S/C13H16N4O5S/c1-23-13-15-10(14)5-2-3-7(19)17(11(5)16-13)12-9(21)8(20)6(4-18)22-12/h2-3,6,8-9,12,18,20-21H,4H2,1H3,(H2,14,15,16). The first-order chi connectivity index (χ1) is 11.0. The number of aliphatic hydroxyl groups excluding tert-OH is 3. The zero-order valence-corrected chi connectivity index (χ0v) is 13.0. The number of pyridine rings is 1. The summed E-state index contributed by atoms with van der Waals surface area (Å²) in [6.07, 6.45) is -3.10. The molecule has 1 aliphatic rings. The Labute approximate surface area is 134 Å². The van der Waals surface area contributed by atoms with E-state index in [-0.39, 0.29) is 11.5 Å². The smallest absolute Gasteiger partial charge is 0.254 e. The Morgan fingerprint density at radius 3 is 2.70 bits per heavy atom. The minimum absolute atomic E-state index is 0.194. The first kappa shape index (κ1) is 16.1. The van der Waals surface area contributed by atoms with Gasteiger partial charge in [-0.15, -0.1) is 0 Å². The van der Waals surface area contributed by atoms with Crippen molar-refractivity contribution in [2.75, 3.05) is 18.6 Å². The molecule has 3 heterocycles. The van der Waals surface area contributed by atoms with Crippen LogP contribution in [-0.2, 0) is 4.74 Å². The van der Waals surface area contributed by atoms with E-state index in [2.05, 4.69) is 9.97 Å². The number of nitrogen functional groups attached to an aromatic ring is 1. The topological polar surface area (TPSA) is 144 Å². The van der Waals surface area contributed by atoms with Crippen LogP contribution < -0.4 is 11.3 Å². The highest BCUT2D eigenvalue weighted by atomic mass is 32.2. The summed E-state index contributed by atoms with van der Waals surface area (Å²) in [4.78, 5) is 20.7. The van der Waals surface area contributed by atoms with Crippen LogP contribution in [0, 0.1) is 0 Å². The number of aromatic nitrogens is 3. The normalized spacial score (nSPS) is 27.7. The van der Waals surface area contributed by atoms with E-state index in [1.807, 2.05) is 0 Å². The average molecular weight is 340 g/mol. The molecule has 10 heteroatoms. The summed E-state index contributed by atoms with van der Waals surface area (Å²) in [6.45, 7) is -0.485. The fourth-order valence-electron chi connectivity index (χ4n) is 2.57. The third-order valence-electron chi connectivity index (χ3n) is 3.75. The number of hydrogen-bond donors (Lipinski definition) is 4. The molecule has 0 bridgehead atoms. The van der Waals surface area contributed by atoms with Crippen LogP contribution in [0.25, 0.3) is 11.0 Å². The third kappa shape index (κ3) is 2.58. The maximum absolute atomic E-state index is 12.3. The van der Waals surface area contributed by atoms with Gasteiger partial charge in [0.25, 0.3) is 5.56 Å². The molecule has 1 aliphatic heterocycles. The predicted octanol–water partition coefficient (Wildman–Crippen LogP) is -1.29. The second kappa shape index (κ2) is 6.06. The molecule has 5 N–H and O–H groups in total. The van der Waals surface area contributed by atoms with Gasteiger partial charge in [0.1, 0.15) is 24.1 Å². The molecule has 0 aliphatic carbocycles. The Balaban J connectivity index is 2.23. The van der Waals surface area contributed by atoms with E-state index in [0.717, 1.165) is 4.57 Å². The van der Waals surface area contributed by atoms with E-state index in [1.165, 1.54) is 23.9 Å². The van der Waals surface area contributed by atoms with Crippen LogP contribution in [0.2, 0.25) is 0 Å². The number of anilines is 1. The Morgan fingerprint density at radius 1 is 1.35 bits per heavy atom. The molecule has 0 spiro atoms. The third-order valence-corrected chi connectivity index (χ3v) is 4.29. The maximum atomic E-state index is 12.3. The molecule has 9 nitrogen and oxygen atoms in total. The van der Waals surface area contributed by atoms with Gasteiger partial charge in [0.05, 0.1) is 12.0 Å². The highest BCUT2D eigenvalue weighted by Crippen LogP contribution is 2.31. The van der Waals surface area contributed by atoms with Gasteiger partial charge in [0.15, 0.2) is 17.0 Å². The molecule has 0 saturated carbocycles. The van der Waals surface area contributed by atoms with Gasteiger partial charge in [0, 0.05) is 6.07 Å². The number of thioether (sulfide) groups is 1. The molecular formula is C13H16N4O5S. The molecular weight excluding hydrogens is 324 g/mol. The van der Waals surface area contributed by atoms with Gasteiger partial charge >= 0.3 is 0 Å². The summed E-state index contributed by atoms with van der Waals surface area (Å²) in [6, 6.07) is 2.75. The first-order valence-corrected chi connectivity index (χ1v) is 8.05. The van der Waals surface area contributed by atoms with Crippen LogP contribution in [0.15, 0.2) is 22.1 Å². The van der Waals surface area contributed by atoms with Crippen LogP contribution in [0.3, 0.4) is 0 Å². The van der Waals surface area contributed by atoms with E-state index in [1.54, 1.807) is 6.26 Å². The van der Waals surface area contributed by atoms with Crippen molar-refractivity contribution in [1.29, 1.82) is 0 Å².